The minimum atomic E-state index is -3.63. The number of carboxylic acids is 1. The summed E-state index contributed by atoms with van der Waals surface area (Å²) in [6.07, 6.45) is 2.30. The smallest absolute Gasteiger partial charge is 0.342 e. The van der Waals surface area contributed by atoms with E-state index in [9.17, 15) is 22.8 Å². The summed E-state index contributed by atoms with van der Waals surface area (Å²) in [5.41, 5.74) is -0.436. The molecule has 0 bridgehead atoms. The highest BCUT2D eigenvalue weighted by Crippen LogP contribution is 2.38. The first-order valence-electron chi connectivity index (χ1n) is 10.2. The van der Waals surface area contributed by atoms with Crippen molar-refractivity contribution >= 4 is 35.0 Å². The number of anilines is 4. The number of nitrogens with zero attached hydrogens (tertiary/aromatic N) is 4. The maximum absolute atomic E-state index is 14.6. The average molecular weight is 467 g/mol. The number of aromatic nitrogens is 2. The molecule has 1 aliphatic heterocycles. The molecule has 0 unspecified atom stereocenters. The van der Waals surface area contributed by atoms with Crippen molar-refractivity contribution in [2.24, 2.45) is 0 Å². The molecule has 178 valence electrons. The number of nitrogens with one attached hydrogen (secondary N) is 1. The van der Waals surface area contributed by atoms with Gasteiger partial charge in [0.05, 0.1) is 31.1 Å². The lowest BCUT2D eigenvalue weighted by molar-refractivity contribution is -0.140. The molecule has 3 rings (SSSR count). The summed E-state index contributed by atoms with van der Waals surface area (Å²) in [6.45, 7) is 2.85. The zero-order chi connectivity index (χ0) is 24.5. The first-order valence-corrected chi connectivity index (χ1v) is 10.2. The van der Waals surface area contributed by atoms with Gasteiger partial charge in [-0.2, -0.15) is 13.8 Å². The number of benzene rings is 1. The molecule has 0 saturated carbocycles. The third kappa shape index (κ3) is 4.50. The summed E-state index contributed by atoms with van der Waals surface area (Å²) < 4.78 is 48.7. The Balaban J connectivity index is 2.10. The number of halogens is 3. The fraction of sp³-hybridized carbons (Fsp3) is 0.429. The number of carbonyl (C=O) groups excluding carboxylic acids is 1. The Morgan fingerprint density at radius 3 is 2.58 bits per heavy atom. The molecular weight excluding hydrogens is 443 g/mol. The summed E-state index contributed by atoms with van der Waals surface area (Å²) in [4.78, 5) is 34.2. The van der Waals surface area contributed by atoms with Crippen LogP contribution in [-0.4, -0.2) is 59.6 Å². The van der Waals surface area contributed by atoms with E-state index in [2.05, 4.69) is 15.3 Å². The number of carbonyl (C=O) groups is 2. The Labute approximate surface area is 188 Å². The van der Waals surface area contributed by atoms with Crippen LogP contribution in [0.2, 0.25) is 0 Å². The first kappa shape index (κ1) is 24.1. The Kier molecular flexibility index (Phi) is 6.65. The topological polar surface area (TPSA) is 108 Å². The normalized spacial score (nSPS) is 15.3. The minimum Gasteiger partial charge on any atom is -0.495 e. The summed E-state index contributed by atoms with van der Waals surface area (Å²) in [5.74, 6) is -7.41. The number of fused-ring (bicyclic) bond motifs is 1. The predicted octanol–water partition coefficient (Wildman–Crippen LogP) is 3.67. The molecule has 12 heteroatoms. The van der Waals surface area contributed by atoms with Crippen LogP contribution in [0.1, 0.15) is 37.0 Å². The summed E-state index contributed by atoms with van der Waals surface area (Å²) in [7, 11) is 2.50. The SMILES string of the molecule is CCC(CC)N1CC(F)(F)C(=O)N(C)c2cnc(Nc3cc(F)c(C(=O)O)cc3OC)nc21. The Bertz CT molecular complexity index is 1080. The molecule has 2 N–H and O–H groups in total. The Hall–Kier alpha value is -3.57. The van der Waals surface area contributed by atoms with Crippen molar-refractivity contribution in [2.45, 2.75) is 38.7 Å². The van der Waals surface area contributed by atoms with E-state index in [1.807, 2.05) is 13.8 Å². The number of carboxylic acid groups (broad SMARTS) is 1. The number of aromatic carboxylic acids is 1. The van der Waals surface area contributed by atoms with Crippen LogP contribution in [-0.2, 0) is 4.79 Å². The van der Waals surface area contributed by atoms with Crippen LogP contribution in [0.3, 0.4) is 0 Å². The van der Waals surface area contributed by atoms with Crippen molar-refractivity contribution in [2.75, 3.05) is 35.8 Å². The molecular formula is C21H24F3N5O4. The predicted molar refractivity (Wildman–Crippen MR) is 115 cm³/mol. The summed E-state index contributed by atoms with van der Waals surface area (Å²) >= 11 is 0. The zero-order valence-electron chi connectivity index (χ0n) is 18.5. The molecule has 2 aromatic rings. The molecule has 33 heavy (non-hydrogen) atoms. The molecule has 1 amide bonds. The van der Waals surface area contributed by atoms with Gasteiger partial charge in [0.25, 0.3) is 5.91 Å². The fourth-order valence-corrected chi connectivity index (χ4v) is 3.72. The van der Waals surface area contributed by atoms with Gasteiger partial charge in [0.2, 0.25) is 5.95 Å². The summed E-state index contributed by atoms with van der Waals surface area (Å²) in [5, 5.41) is 11.8. The van der Waals surface area contributed by atoms with Crippen LogP contribution in [0.4, 0.5) is 36.3 Å². The largest absolute Gasteiger partial charge is 0.495 e. The van der Waals surface area contributed by atoms with E-state index in [1.54, 1.807) is 0 Å². The van der Waals surface area contributed by atoms with Gasteiger partial charge in [0.1, 0.15) is 17.3 Å². The third-order valence-corrected chi connectivity index (χ3v) is 5.52. The van der Waals surface area contributed by atoms with Crippen LogP contribution >= 0.6 is 0 Å². The van der Waals surface area contributed by atoms with Gasteiger partial charge in [-0.25, -0.2) is 14.2 Å². The number of ether oxygens (including phenoxy) is 1. The monoisotopic (exact) mass is 467 g/mol. The van der Waals surface area contributed by atoms with Gasteiger partial charge in [-0.15, -0.1) is 0 Å². The highest BCUT2D eigenvalue weighted by atomic mass is 19.3. The second-order valence-corrected chi connectivity index (χ2v) is 7.53. The fourth-order valence-electron chi connectivity index (χ4n) is 3.72. The minimum absolute atomic E-state index is 0.0167. The number of amides is 1. The van der Waals surface area contributed by atoms with Crippen LogP contribution in [0.15, 0.2) is 18.3 Å². The molecule has 1 aromatic heterocycles. The lowest BCUT2D eigenvalue weighted by Crippen LogP contribution is -2.48. The molecule has 0 atom stereocenters. The maximum atomic E-state index is 14.6. The molecule has 9 nitrogen and oxygen atoms in total. The molecule has 0 saturated heterocycles. The van der Waals surface area contributed by atoms with Crippen LogP contribution in [0.5, 0.6) is 5.75 Å². The van der Waals surface area contributed by atoms with Crippen molar-refractivity contribution in [3.8, 4) is 5.75 Å². The van der Waals surface area contributed by atoms with E-state index < -0.39 is 35.7 Å². The summed E-state index contributed by atoms with van der Waals surface area (Å²) in [6, 6.07) is 1.60. The first-order chi connectivity index (χ1) is 15.5. The van der Waals surface area contributed by atoms with E-state index in [0.29, 0.717) is 12.8 Å². The molecule has 1 aliphatic rings. The van der Waals surface area contributed by atoms with Crippen molar-refractivity contribution in [1.29, 1.82) is 0 Å². The quantitative estimate of drug-likeness (QED) is 0.635. The highest BCUT2D eigenvalue weighted by molar-refractivity contribution is 6.02. The van der Waals surface area contributed by atoms with Crippen molar-refractivity contribution in [3.63, 3.8) is 0 Å². The number of alkyl halides is 2. The molecule has 0 fully saturated rings. The average Bonchev–Trinajstić information content (AvgIpc) is 2.84. The van der Waals surface area contributed by atoms with Gasteiger partial charge in [-0.05, 0) is 18.9 Å². The van der Waals surface area contributed by atoms with Gasteiger partial charge in [-0.1, -0.05) is 13.8 Å². The Morgan fingerprint density at radius 2 is 2.00 bits per heavy atom. The third-order valence-electron chi connectivity index (χ3n) is 5.52. The second kappa shape index (κ2) is 9.12. The van der Waals surface area contributed by atoms with Crippen LogP contribution in [0.25, 0.3) is 0 Å². The van der Waals surface area contributed by atoms with Gasteiger partial charge < -0.3 is 25.0 Å². The zero-order valence-corrected chi connectivity index (χ0v) is 18.5. The number of hydrogen-bond donors (Lipinski definition) is 2. The van der Waals surface area contributed by atoms with Gasteiger partial charge in [0, 0.05) is 19.2 Å². The second-order valence-electron chi connectivity index (χ2n) is 7.53. The van der Waals surface area contributed by atoms with E-state index in [-0.39, 0.29) is 34.9 Å². The van der Waals surface area contributed by atoms with Crippen molar-refractivity contribution in [3.05, 3.63) is 29.7 Å². The van der Waals surface area contributed by atoms with Gasteiger partial charge in [-0.3, -0.25) is 4.79 Å². The van der Waals surface area contributed by atoms with Crippen LogP contribution < -0.4 is 19.9 Å². The van der Waals surface area contributed by atoms with Gasteiger partial charge in [0.15, 0.2) is 5.82 Å². The number of methoxy groups -OCH3 is 1. The molecule has 1 aromatic carbocycles. The standard InChI is InChI=1S/C21H24F3N5O4/c1-5-11(6-2)29-10-21(23,24)19(32)28(3)15-9-25-20(27-17(15)29)26-14-8-13(22)12(18(30)31)7-16(14)33-4/h7-9,11H,5-6,10H2,1-4H3,(H,30,31)(H,25,26,27). The van der Waals surface area contributed by atoms with E-state index in [0.717, 1.165) is 17.0 Å². The molecule has 0 radical (unpaired) electrons. The van der Waals surface area contributed by atoms with Crippen LogP contribution in [0, 0.1) is 5.82 Å². The van der Waals surface area contributed by atoms with E-state index >= 15 is 0 Å². The molecule has 0 spiro atoms. The highest BCUT2D eigenvalue weighted by Gasteiger charge is 2.48. The van der Waals surface area contributed by atoms with E-state index in [1.165, 1.54) is 25.3 Å². The van der Waals surface area contributed by atoms with Crippen molar-refractivity contribution < 1.29 is 32.6 Å². The number of rotatable bonds is 7. The van der Waals surface area contributed by atoms with Gasteiger partial charge >= 0.3 is 11.9 Å². The van der Waals surface area contributed by atoms with Crippen molar-refractivity contribution in [1.82, 2.24) is 9.97 Å². The van der Waals surface area contributed by atoms with E-state index in [4.69, 9.17) is 9.84 Å². The lowest BCUT2D eigenvalue weighted by Gasteiger charge is -2.32. The number of hydrogen-bond acceptors (Lipinski definition) is 7. The maximum Gasteiger partial charge on any atom is 0.342 e. The Morgan fingerprint density at radius 1 is 1.33 bits per heavy atom. The molecule has 2 heterocycles. The molecule has 0 aliphatic carbocycles. The lowest BCUT2D eigenvalue weighted by atomic mass is 10.1.